The van der Waals surface area contributed by atoms with Crippen LogP contribution in [-0.2, 0) is 11.2 Å². The minimum absolute atomic E-state index is 0.117. The lowest BCUT2D eigenvalue weighted by atomic mass is 10.1. The Labute approximate surface area is 122 Å². The zero-order chi connectivity index (χ0) is 14.5. The van der Waals surface area contributed by atoms with E-state index in [0.29, 0.717) is 10.2 Å². The van der Waals surface area contributed by atoms with Crippen LogP contribution in [0.5, 0.6) is 0 Å². The standard InChI is InChI=1S/C12H11BrN4O3/c13-8-2-1-3-15-10(8)11(18)17-9(12(19)20)4-7-5-14-6-16-7/h1-3,5-6,9H,4H2,(H,14,16)(H,17,18)(H,19,20)/t9-/m0/s1. The van der Waals surface area contributed by atoms with Gasteiger partial charge in [-0.1, -0.05) is 0 Å². The minimum Gasteiger partial charge on any atom is -0.480 e. The van der Waals surface area contributed by atoms with Crippen LogP contribution >= 0.6 is 15.9 Å². The van der Waals surface area contributed by atoms with E-state index in [4.69, 9.17) is 5.11 Å². The normalized spacial score (nSPS) is 11.8. The first-order valence-electron chi connectivity index (χ1n) is 5.69. The molecule has 20 heavy (non-hydrogen) atoms. The molecular weight excluding hydrogens is 328 g/mol. The van der Waals surface area contributed by atoms with Gasteiger partial charge in [-0.25, -0.2) is 14.8 Å². The second kappa shape index (κ2) is 6.29. The van der Waals surface area contributed by atoms with Gasteiger partial charge < -0.3 is 15.4 Å². The number of rotatable bonds is 5. The van der Waals surface area contributed by atoms with Gasteiger partial charge in [0.15, 0.2) is 0 Å². The molecule has 2 aromatic heterocycles. The molecule has 0 aliphatic carbocycles. The van der Waals surface area contributed by atoms with Crippen LogP contribution < -0.4 is 5.32 Å². The summed E-state index contributed by atoms with van der Waals surface area (Å²) < 4.78 is 0.503. The number of aromatic nitrogens is 3. The zero-order valence-electron chi connectivity index (χ0n) is 10.2. The number of hydrogen-bond donors (Lipinski definition) is 3. The van der Waals surface area contributed by atoms with Crippen molar-refractivity contribution in [3.05, 3.63) is 46.7 Å². The molecule has 0 radical (unpaired) electrons. The van der Waals surface area contributed by atoms with Crippen LogP contribution in [0.25, 0.3) is 0 Å². The van der Waals surface area contributed by atoms with E-state index >= 15 is 0 Å². The molecule has 0 spiro atoms. The first kappa shape index (κ1) is 14.2. The van der Waals surface area contributed by atoms with Gasteiger partial charge >= 0.3 is 5.97 Å². The molecule has 0 saturated carbocycles. The van der Waals surface area contributed by atoms with Gasteiger partial charge in [0.25, 0.3) is 5.91 Å². The van der Waals surface area contributed by atoms with Gasteiger partial charge in [0.2, 0.25) is 0 Å². The largest absolute Gasteiger partial charge is 0.480 e. The fourth-order valence-electron chi connectivity index (χ4n) is 1.60. The molecule has 0 aliphatic rings. The van der Waals surface area contributed by atoms with E-state index < -0.39 is 17.9 Å². The van der Waals surface area contributed by atoms with Crippen LogP contribution in [0.15, 0.2) is 35.3 Å². The number of carbonyl (C=O) groups excluding carboxylic acids is 1. The highest BCUT2D eigenvalue weighted by molar-refractivity contribution is 9.10. The maximum Gasteiger partial charge on any atom is 0.326 e. The second-order valence-electron chi connectivity index (χ2n) is 3.98. The van der Waals surface area contributed by atoms with E-state index in [1.165, 1.54) is 18.7 Å². The first-order valence-corrected chi connectivity index (χ1v) is 6.48. The number of hydrogen-bond acceptors (Lipinski definition) is 4. The molecule has 2 aromatic rings. The number of halogens is 1. The number of imidazole rings is 1. The maximum atomic E-state index is 12.0. The van der Waals surface area contributed by atoms with Gasteiger partial charge in [0.1, 0.15) is 11.7 Å². The highest BCUT2D eigenvalue weighted by atomic mass is 79.9. The lowest BCUT2D eigenvalue weighted by molar-refractivity contribution is -0.139. The molecule has 0 unspecified atom stereocenters. The van der Waals surface area contributed by atoms with Gasteiger partial charge in [-0.05, 0) is 28.1 Å². The Balaban J connectivity index is 2.10. The predicted molar refractivity (Wildman–Crippen MR) is 73.1 cm³/mol. The van der Waals surface area contributed by atoms with Crippen molar-refractivity contribution in [1.29, 1.82) is 0 Å². The van der Waals surface area contributed by atoms with Crippen molar-refractivity contribution < 1.29 is 14.7 Å². The average molecular weight is 339 g/mol. The molecule has 0 fully saturated rings. The van der Waals surface area contributed by atoms with Crippen molar-refractivity contribution in [3.63, 3.8) is 0 Å². The summed E-state index contributed by atoms with van der Waals surface area (Å²) in [6.07, 6.45) is 4.54. The number of carbonyl (C=O) groups is 2. The number of H-pyrrole nitrogens is 1. The maximum absolute atomic E-state index is 12.0. The van der Waals surface area contributed by atoms with Crippen LogP contribution in [0.2, 0.25) is 0 Å². The number of carboxylic acid groups (broad SMARTS) is 1. The molecule has 3 N–H and O–H groups in total. The summed E-state index contributed by atoms with van der Waals surface area (Å²) in [5, 5.41) is 11.6. The van der Waals surface area contributed by atoms with E-state index in [1.807, 2.05) is 0 Å². The van der Waals surface area contributed by atoms with Crippen molar-refractivity contribution in [2.45, 2.75) is 12.5 Å². The van der Waals surface area contributed by atoms with E-state index in [1.54, 1.807) is 12.1 Å². The number of aromatic amines is 1. The third-order valence-electron chi connectivity index (χ3n) is 2.56. The van der Waals surface area contributed by atoms with Gasteiger partial charge in [-0.15, -0.1) is 0 Å². The number of amides is 1. The number of carboxylic acids is 1. The molecule has 8 heteroatoms. The summed E-state index contributed by atoms with van der Waals surface area (Å²) in [6.45, 7) is 0. The monoisotopic (exact) mass is 338 g/mol. The van der Waals surface area contributed by atoms with Crippen LogP contribution in [0.1, 0.15) is 16.2 Å². The number of nitrogens with zero attached hydrogens (tertiary/aromatic N) is 2. The van der Waals surface area contributed by atoms with E-state index in [2.05, 4.69) is 36.2 Å². The number of nitrogens with one attached hydrogen (secondary N) is 2. The van der Waals surface area contributed by atoms with E-state index in [-0.39, 0.29) is 12.1 Å². The number of pyridine rings is 1. The molecule has 1 amide bonds. The van der Waals surface area contributed by atoms with Crippen molar-refractivity contribution in [2.75, 3.05) is 0 Å². The summed E-state index contributed by atoms with van der Waals surface area (Å²) >= 11 is 3.20. The lowest BCUT2D eigenvalue weighted by Crippen LogP contribution is -2.42. The number of aliphatic carboxylic acids is 1. The molecule has 0 aliphatic heterocycles. The van der Waals surface area contributed by atoms with Crippen molar-refractivity contribution in [3.8, 4) is 0 Å². The Hall–Kier alpha value is -2.22. The Morgan fingerprint density at radius 1 is 1.50 bits per heavy atom. The summed E-state index contributed by atoms with van der Waals surface area (Å²) in [5.41, 5.74) is 0.765. The zero-order valence-corrected chi connectivity index (χ0v) is 11.8. The molecular formula is C12H11BrN4O3. The molecule has 7 nitrogen and oxygen atoms in total. The molecule has 104 valence electrons. The molecule has 1 atom stereocenters. The predicted octanol–water partition coefficient (Wildman–Crippen LogP) is 0.993. The van der Waals surface area contributed by atoms with E-state index in [9.17, 15) is 9.59 Å². The van der Waals surface area contributed by atoms with E-state index in [0.717, 1.165) is 0 Å². The SMILES string of the molecule is O=C(N[C@@H](Cc1cnc[nH]1)C(=O)O)c1ncccc1Br. The Morgan fingerprint density at radius 3 is 2.90 bits per heavy atom. The third-order valence-corrected chi connectivity index (χ3v) is 3.20. The smallest absolute Gasteiger partial charge is 0.326 e. The first-order chi connectivity index (χ1) is 9.58. The van der Waals surface area contributed by atoms with Crippen LogP contribution in [0, 0.1) is 0 Å². The van der Waals surface area contributed by atoms with Gasteiger partial charge in [-0.2, -0.15) is 0 Å². The molecule has 0 bridgehead atoms. The van der Waals surface area contributed by atoms with Crippen LogP contribution in [0.3, 0.4) is 0 Å². The quantitative estimate of drug-likeness (QED) is 0.753. The minimum atomic E-state index is -1.12. The summed E-state index contributed by atoms with van der Waals surface area (Å²) in [6, 6.07) is 2.27. The van der Waals surface area contributed by atoms with Crippen LogP contribution in [-0.4, -0.2) is 38.0 Å². The van der Waals surface area contributed by atoms with Crippen molar-refractivity contribution in [1.82, 2.24) is 20.3 Å². The van der Waals surface area contributed by atoms with Crippen LogP contribution in [0.4, 0.5) is 0 Å². The fraction of sp³-hybridized carbons (Fsp3) is 0.167. The summed E-state index contributed by atoms with van der Waals surface area (Å²) in [4.78, 5) is 33.7. The second-order valence-corrected chi connectivity index (χ2v) is 4.83. The molecule has 0 saturated heterocycles. The molecule has 2 rings (SSSR count). The highest BCUT2D eigenvalue weighted by Crippen LogP contribution is 2.13. The van der Waals surface area contributed by atoms with Gasteiger partial charge in [0.05, 0.1) is 6.33 Å². The lowest BCUT2D eigenvalue weighted by Gasteiger charge is -2.13. The Kier molecular flexibility index (Phi) is 4.46. The fourth-order valence-corrected chi connectivity index (χ4v) is 2.03. The van der Waals surface area contributed by atoms with Gasteiger partial charge in [0, 0.05) is 29.0 Å². The Morgan fingerprint density at radius 2 is 2.30 bits per heavy atom. The van der Waals surface area contributed by atoms with Crippen molar-refractivity contribution >= 4 is 27.8 Å². The summed E-state index contributed by atoms with van der Waals surface area (Å²) in [7, 11) is 0. The topological polar surface area (TPSA) is 108 Å². The Bertz CT molecular complexity index is 615. The van der Waals surface area contributed by atoms with Gasteiger partial charge in [-0.3, -0.25) is 4.79 Å². The third kappa shape index (κ3) is 3.41. The summed E-state index contributed by atoms with van der Waals surface area (Å²) in [5.74, 6) is -1.68. The molecule has 2 heterocycles. The molecule has 0 aromatic carbocycles. The average Bonchev–Trinajstić information content (AvgIpc) is 2.91. The highest BCUT2D eigenvalue weighted by Gasteiger charge is 2.23. The van der Waals surface area contributed by atoms with Crippen molar-refractivity contribution in [2.24, 2.45) is 0 Å².